The van der Waals surface area contributed by atoms with Gasteiger partial charge in [-0.15, -0.1) is 0 Å². The van der Waals surface area contributed by atoms with Gasteiger partial charge in [-0.3, -0.25) is 5.21 Å². The quantitative estimate of drug-likeness (QED) is 0.733. The van der Waals surface area contributed by atoms with Gasteiger partial charge < -0.3 is 4.90 Å². The van der Waals surface area contributed by atoms with Gasteiger partial charge in [-0.1, -0.05) is 51.4 Å². The van der Waals surface area contributed by atoms with E-state index in [0.29, 0.717) is 12.6 Å². The molecule has 0 unspecified atom stereocenters. The Bertz CT molecular complexity index is 286. The lowest BCUT2D eigenvalue weighted by Gasteiger charge is -2.33. The third-order valence-corrected chi connectivity index (χ3v) is 4.75. The van der Waals surface area contributed by atoms with Crippen LogP contribution in [-0.2, 0) is 0 Å². The summed E-state index contributed by atoms with van der Waals surface area (Å²) in [5, 5.41) is 10.9. The first kappa shape index (κ1) is 15.6. The normalized spacial score (nSPS) is 25.1. The van der Waals surface area contributed by atoms with Crippen LogP contribution in [0.1, 0.15) is 77.0 Å². The topological polar surface area (TPSA) is 43.8 Å². The van der Waals surface area contributed by atoms with E-state index in [9.17, 15) is 10.0 Å². The molecule has 1 saturated carbocycles. The Hall–Kier alpha value is -0.770. The fourth-order valence-corrected chi connectivity index (χ4v) is 3.50. The molecule has 0 aromatic heterocycles. The number of rotatable bonds is 1. The Kier molecular flexibility index (Phi) is 6.64. The zero-order valence-electron chi connectivity index (χ0n) is 12.7. The molecule has 1 saturated heterocycles. The average Bonchev–Trinajstić information content (AvgIpc) is 2.63. The van der Waals surface area contributed by atoms with Gasteiger partial charge in [0.05, 0.1) is 6.54 Å². The highest BCUT2D eigenvalue weighted by Crippen LogP contribution is 2.23. The minimum Gasteiger partial charge on any atom is -0.320 e. The fraction of sp³-hybridized carbons (Fsp3) is 0.938. The summed E-state index contributed by atoms with van der Waals surface area (Å²) >= 11 is 0. The molecule has 1 N–H and O–H groups in total. The third-order valence-electron chi connectivity index (χ3n) is 4.75. The van der Waals surface area contributed by atoms with Crippen molar-refractivity contribution in [1.82, 2.24) is 9.96 Å². The second-order valence-corrected chi connectivity index (χ2v) is 6.37. The standard InChI is InChI=1S/C16H30N2O2/c19-16-17(13-9-5-6-10-14-18(16)20)15-11-7-3-1-2-4-8-12-15/h15,20H,1-14H2. The SMILES string of the molecule is O=C1N(O)CCCCCCN1C1CCCCCCCC1. The number of hydrogen-bond acceptors (Lipinski definition) is 2. The second kappa shape index (κ2) is 8.50. The van der Waals surface area contributed by atoms with E-state index in [2.05, 4.69) is 0 Å². The first-order chi connectivity index (χ1) is 9.79. The van der Waals surface area contributed by atoms with Crippen molar-refractivity contribution in [1.29, 1.82) is 0 Å². The Labute approximate surface area is 123 Å². The van der Waals surface area contributed by atoms with E-state index in [1.165, 1.54) is 44.9 Å². The Morgan fingerprint density at radius 2 is 1.25 bits per heavy atom. The summed E-state index contributed by atoms with van der Waals surface area (Å²) < 4.78 is 0. The van der Waals surface area contributed by atoms with Gasteiger partial charge in [-0.25, -0.2) is 9.86 Å². The lowest BCUT2D eigenvalue weighted by Crippen LogP contribution is -2.47. The molecule has 4 nitrogen and oxygen atoms in total. The molecule has 0 spiro atoms. The van der Waals surface area contributed by atoms with Crippen molar-refractivity contribution in [3.63, 3.8) is 0 Å². The van der Waals surface area contributed by atoms with E-state index in [1.54, 1.807) is 0 Å². The summed E-state index contributed by atoms with van der Waals surface area (Å²) in [5.74, 6) is 0. The minimum absolute atomic E-state index is 0.156. The number of hydrogen-bond donors (Lipinski definition) is 1. The van der Waals surface area contributed by atoms with Gasteiger partial charge in [-0.2, -0.15) is 0 Å². The molecule has 1 aliphatic heterocycles. The molecule has 0 aromatic rings. The maximum atomic E-state index is 12.4. The summed E-state index contributed by atoms with van der Waals surface area (Å²) in [6.45, 7) is 1.31. The van der Waals surface area contributed by atoms with E-state index in [-0.39, 0.29) is 6.03 Å². The van der Waals surface area contributed by atoms with Gasteiger partial charge in [0.25, 0.3) is 0 Å². The number of carbonyl (C=O) groups is 1. The van der Waals surface area contributed by atoms with Crippen LogP contribution in [0.15, 0.2) is 0 Å². The molecule has 20 heavy (non-hydrogen) atoms. The van der Waals surface area contributed by atoms with Crippen molar-refractivity contribution in [2.45, 2.75) is 83.1 Å². The number of hydroxylamine groups is 2. The maximum absolute atomic E-state index is 12.4. The third kappa shape index (κ3) is 4.65. The van der Waals surface area contributed by atoms with Gasteiger partial charge in [0.1, 0.15) is 0 Å². The summed E-state index contributed by atoms with van der Waals surface area (Å²) in [4.78, 5) is 14.4. The van der Waals surface area contributed by atoms with Crippen molar-refractivity contribution in [2.24, 2.45) is 0 Å². The first-order valence-corrected chi connectivity index (χ1v) is 8.56. The van der Waals surface area contributed by atoms with Crippen molar-refractivity contribution >= 4 is 6.03 Å². The van der Waals surface area contributed by atoms with Gasteiger partial charge in [0.2, 0.25) is 0 Å². The van der Waals surface area contributed by atoms with E-state index < -0.39 is 0 Å². The van der Waals surface area contributed by atoms with Crippen LogP contribution in [0, 0.1) is 0 Å². The number of urea groups is 1. The molecule has 0 atom stereocenters. The van der Waals surface area contributed by atoms with Crippen LogP contribution in [-0.4, -0.2) is 40.3 Å². The summed E-state index contributed by atoms with van der Waals surface area (Å²) in [6.07, 6.45) is 14.2. The largest absolute Gasteiger partial charge is 0.343 e. The monoisotopic (exact) mass is 282 g/mol. The first-order valence-electron chi connectivity index (χ1n) is 8.56. The van der Waals surface area contributed by atoms with Gasteiger partial charge >= 0.3 is 6.03 Å². The Balaban J connectivity index is 2.01. The summed E-state index contributed by atoms with van der Waals surface area (Å²) in [6, 6.07) is 0.185. The lowest BCUT2D eigenvalue weighted by atomic mass is 10.0. The van der Waals surface area contributed by atoms with Crippen molar-refractivity contribution in [3.8, 4) is 0 Å². The Morgan fingerprint density at radius 3 is 1.90 bits per heavy atom. The van der Waals surface area contributed by atoms with Crippen LogP contribution >= 0.6 is 0 Å². The van der Waals surface area contributed by atoms with Gasteiger partial charge in [0, 0.05) is 12.6 Å². The summed E-state index contributed by atoms with van der Waals surface area (Å²) in [5.41, 5.74) is 0. The highest BCUT2D eigenvalue weighted by atomic mass is 16.5. The molecule has 4 heteroatoms. The molecule has 116 valence electrons. The molecule has 0 radical (unpaired) electrons. The summed E-state index contributed by atoms with van der Waals surface area (Å²) in [7, 11) is 0. The van der Waals surface area contributed by atoms with E-state index in [1.807, 2.05) is 4.90 Å². The number of carbonyl (C=O) groups excluding carboxylic acids is 1. The van der Waals surface area contributed by atoms with Crippen LogP contribution in [0.5, 0.6) is 0 Å². The average molecular weight is 282 g/mol. The highest BCUT2D eigenvalue weighted by molar-refractivity contribution is 5.73. The molecule has 2 fully saturated rings. The highest BCUT2D eigenvalue weighted by Gasteiger charge is 2.27. The van der Waals surface area contributed by atoms with Crippen LogP contribution in [0.3, 0.4) is 0 Å². The zero-order chi connectivity index (χ0) is 14.2. The molecular formula is C16H30N2O2. The van der Waals surface area contributed by atoms with Crippen molar-refractivity contribution in [3.05, 3.63) is 0 Å². The van der Waals surface area contributed by atoms with Crippen LogP contribution in [0.4, 0.5) is 4.79 Å². The van der Waals surface area contributed by atoms with Crippen LogP contribution in [0.2, 0.25) is 0 Å². The van der Waals surface area contributed by atoms with Crippen molar-refractivity contribution < 1.29 is 10.0 Å². The molecule has 2 rings (SSSR count). The van der Waals surface area contributed by atoms with Crippen LogP contribution < -0.4 is 0 Å². The molecular weight excluding hydrogens is 252 g/mol. The van der Waals surface area contributed by atoms with Gasteiger partial charge in [0.15, 0.2) is 0 Å². The predicted molar refractivity (Wildman–Crippen MR) is 79.8 cm³/mol. The fourth-order valence-electron chi connectivity index (χ4n) is 3.50. The molecule has 0 aromatic carbocycles. The zero-order valence-corrected chi connectivity index (χ0v) is 12.7. The number of amides is 2. The smallest absolute Gasteiger partial charge is 0.320 e. The van der Waals surface area contributed by atoms with E-state index in [0.717, 1.165) is 43.7 Å². The second-order valence-electron chi connectivity index (χ2n) is 6.37. The molecule has 1 aliphatic carbocycles. The van der Waals surface area contributed by atoms with E-state index >= 15 is 0 Å². The maximum Gasteiger partial charge on any atom is 0.343 e. The minimum atomic E-state index is -0.156. The molecule has 2 amide bonds. The lowest BCUT2D eigenvalue weighted by molar-refractivity contribution is -0.0605. The molecule has 2 aliphatic rings. The van der Waals surface area contributed by atoms with Gasteiger partial charge in [-0.05, 0) is 25.7 Å². The predicted octanol–water partition coefficient (Wildman–Crippen LogP) is 4.18. The van der Waals surface area contributed by atoms with Crippen molar-refractivity contribution in [2.75, 3.05) is 13.1 Å². The van der Waals surface area contributed by atoms with E-state index in [4.69, 9.17) is 0 Å². The number of nitrogens with zero attached hydrogens (tertiary/aromatic N) is 2. The Morgan fingerprint density at radius 1 is 0.750 bits per heavy atom. The molecule has 1 heterocycles. The molecule has 0 bridgehead atoms. The van der Waals surface area contributed by atoms with Crippen LogP contribution in [0.25, 0.3) is 0 Å².